The number of amides is 2. The number of hydrogen-bond acceptors (Lipinski definition) is 2. The second kappa shape index (κ2) is 3.40. The molecule has 100 valence electrons. The first-order valence-electron chi connectivity index (χ1n) is 7.38. The van der Waals surface area contributed by atoms with E-state index in [9.17, 15) is 9.59 Å². The van der Waals surface area contributed by atoms with Crippen LogP contribution in [0.4, 0.5) is 5.69 Å². The Labute approximate surface area is 117 Å². The van der Waals surface area contributed by atoms with Crippen molar-refractivity contribution in [2.75, 3.05) is 4.90 Å². The maximum atomic E-state index is 12.8. The fourth-order valence-corrected chi connectivity index (χ4v) is 4.79. The van der Waals surface area contributed by atoms with E-state index in [1.54, 1.807) is 0 Å². The molecule has 0 unspecified atom stereocenters. The Balaban J connectivity index is 1.61. The van der Waals surface area contributed by atoms with Gasteiger partial charge in [0, 0.05) is 0 Å². The third-order valence-corrected chi connectivity index (χ3v) is 5.68. The van der Waals surface area contributed by atoms with E-state index in [-0.39, 0.29) is 23.7 Å². The van der Waals surface area contributed by atoms with E-state index in [0.717, 1.165) is 5.69 Å². The fraction of sp³-hybridized carbons (Fsp3) is 0.412. The standard InChI is InChI=1S/C17H15NO2/c19-16-14-10-6-7-11(13-8-12(10)13)15(14)17(20)18(16)9-4-2-1-3-5-9/h1-7,10-15H,8H2/t10-,11-,12-,13-,14-,15+/m1/s1. The molecule has 2 bridgehead atoms. The van der Waals surface area contributed by atoms with E-state index in [4.69, 9.17) is 0 Å². The average Bonchev–Trinajstić information content (AvgIpc) is 3.25. The molecule has 1 aromatic carbocycles. The van der Waals surface area contributed by atoms with Crippen molar-refractivity contribution >= 4 is 17.5 Å². The monoisotopic (exact) mass is 265 g/mol. The lowest BCUT2D eigenvalue weighted by Crippen LogP contribution is -2.40. The Bertz CT molecular complexity index is 614. The lowest BCUT2D eigenvalue weighted by molar-refractivity contribution is -0.124. The number of anilines is 1. The number of carbonyl (C=O) groups is 2. The second-order valence-corrected chi connectivity index (χ2v) is 6.50. The quantitative estimate of drug-likeness (QED) is 0.577. The van der Waals surface area contributed by atoms with Crippen molar-refractivity contribution in [1.29, 1.82) is 0 Å². The van der Waals surface area contributed by atoms with Crippen molar-refractivity contribution in [1.82, 2.24) is 0 Å². The van der Waals surface area contributed by atoms with Gasteiger partial charge < -0.3 is 0 Å². The molecule has 0 radical (unpaired) electrons. The van der Waals surface area contributed by atoms with Gasteiger partial charge in [-0.2, -0.15) is 0 Å². The minimum atomic E-state index is -0.0959. The van der Waals surface area contributed by atoms with Gasteiger partial charge in [-0.05, 0) is 42.2 Å². The first-order chi connectivity index (χ1) is 9.77. The first kappa shape index (κ1) is 10.8. The van der Waals surface area contributed by atoms with Crippen LogP contribution in [0, 0.1) is 35.5 Å². The van der Waals surface area contributed by atoms with E-state index in [2.05, 4.69) is 12.2 Å². The molecule has 3 heteroatoms. The van der Waals surface area contributed by atoms with Crippen molar-refractivity contribution in [3.63, 3.8) is 0 Å². The molecule has 4 aliphatic carbocycles. The number of para-hydroxylation sites is 1. The van der Waals surface area contributed by atoms with Crippen LogP contribution in [0.2, 0.25) is 0 Å². The van der Waals surface area contributed by atoms with Crippen LogP contribution in [0.3, 0.4) is 0 Å². The zero-order chi connectivity index (χ0) is 13.4. The molecular formula is C17H15NO2. The van der Waals surface area contributed by atoms with Gasteiger partial charge in [0.25, 0.3) is 0 Å². The van der Waals surface area contributed by atoms with Crippen molar-refractivity contribution in [3.05, 3.63) is 42.5 Å². The topological polar surface area (TPSA) is 37.4 Å². The molecule has 1 aromatic rings. The number of allylic oxidation sites excluding steroid dienone is 2. The highest BCUT2D eigenvalue weighted by Crippen LogP contribution is 2.65. The molecule has 0 N–H and O–H groups in total. The van der Waals surface area contributed by atoms with Gasteiger partial charge in [-0.3, -0.25) is 14.5 Å². The zero-order valence-corrected chi connectivity index (χ0v) is 11.0. The summed E-state index contributed by atoms with van der Waals surface area (Å²) in [5.41, 5.74) is 0.727. The van der Waals surface area contributed by atoms with Crippen molar-refractivity contribution in [2.24, 2.45) is 35.5 Å². The number of carbonyl (C=O) groups excluding carboxylic acids is 2. The maximum absolute atomic E-state index is 12.8. The maximum Gasteiger partial charge on any atom is 0.238 e. The lowest BCUT2D eigenvalue weighted by Gasteiger charge is -2.37. The summed E-state index contributed by atoms with van der Waals surface area (Å²) in [7, 11) is 0. The molecule has 3 fully saturated rings. The summed E-state index contributed by atoms with van der Waals surface area (Å²) < 4.78 is 0. The van der Waals surface area contributed by atoms with Gasteiger partial charge >= 0.3 is 0 Å². The largest absolute Gasteiger partial charge is 0.274 e. The van der Waals surface area contributed by atoms with E-state index in [1.807, 2.05) is 30.3 Å². The molecule has 3 nitrogen and oxygen atoms in total. The van der Waals surface area contributed by atoms with Crippen LogP contribution >= 0.6 is 0 Å². The van der Waals surface area contributed by atoms with Crippen LogP contribution in [0.15, 0.2) is 42.5 Å². The van der Waals surface area contributed by atoms with E-state index in [1.165, 1.54) is 11.3 Å². The summed E-state index contributed by atoms with van der Waals surface area (Å²) in [6, 6.07) is 9.36. The Morgan fingerprint density at radius 3 is 1.95 bits per heavy atom. The number of rotatable bonds is 1. The molecule has 1 aliphatic heterocycles. The zero-order valence-electron chi connectivity index (χ0n) is 11.0. The van der Waals surface area contributed by atoms with Gasteiger partial charge in [0.15, 0.2) is 0 Å². The molecule has 2 saturated carbocycles. The minimum absolute atomic E-state index is 0.0240. The highest BCUT2D eigenvalue weighted by atomic mass is 16.2. The van der Waals surface area contributed by atoms with Gasteiger partial charge in [-0.1, -0.05) is 30.4 Å². The molecule has 6 atom stereocenters. The van der Waals surface area contributed by atoms with E-state index in [0.29, 0.717) is 23.7 Å². The molecule has 0 spiro atoms. The minimum Gasteiger partial charge on any atom is -0.274 e. The Kier molecular flexibility index (Phi) is 1.84. The lowest BCUT2D eigenvalue weighted by atomic mass is 9.63. The van der Waals surface area contributed by atoms with Gasteiger partial charge in [-0.25, -0.2) is 0 Å². The Hall–Kier alpha value is -1.90. The fourth-order valence-electron chi connectivity index (χ4n) is 4.79. The molecule has 6 rings (SSSR count). The first-order valence-corrected chi connectivity index (χ1v) is 7.38. The number of nitrogens with zero attached hydrogens (tertiary/aromatic N) is 1. The van der Waals surface area contributed by atoms with Gasteiger partial charge in [0.1, 0.15) is 0 Å². The summed E-state index contributed by atoms with van der Waals surface area (Å²) >= 11 is 0. The van der Waals surface area contributed by atoms with Crippen molar-refractivity contribution in [2.45, 2.75) is 6.42 Å². The highest BCUT2D eigenvalue weighted by Gasteiger charge is 2.67. The summed E-state index contributed by atoms with van der Waals surface area (Å²) in [6.07, 6.45) is 5.63. The third-order valence-electron chi connectivity index (χ3n) is 5.68. The highest BCUT2D eigenvalue weighted by molar-refractivity contribution is 6.22. The number of imide groups is 1. The van der Waals surface area contributed by atoms with Crippen LogP contribution in [0.1, 0.15) is 6.42 Å². The molecule has 1 heterocycles. The van der Waals surface area contributed by atoms with Gasteiger partial charge in [0.05, 0.1) is 17.5 Å². The van der Waals surface area contributed by atoms with Crippen LogP contribution in [0.25, 0.3) is 0 Å². The number of hydrogen-bond donors (Lipinski definition) is 0. The summed E-state index contributed by atoms with van der Waals surface area (Å²) in [5.74, 6) is 1.80. The van der Waals surface area contributed by atoms with Crippen LogP contribution in [0.5, 0.6) is 0 Å². The van der Waals surface area contributed by atoms with Gasteiger partial charge in [0.2, 0.25) is 11.8 Å². The summed E-state index contributed by atoms with van der Waals surface area (Å²) in [6.45, 7) is 0. The van der Waals surface area contributed by atoms with E-state index >= 15 is 0 Å². The molecule has 20 heavy (non-hydrogen) atoms. The van der Waals surface area contributed by atoms with Crippen molar-refractivity contribution in [3.8, 4) is 0 Å². The van der Waals surface area contributed by atoms with Crippen LogP contribution in [-0.2, 0) is 9.59 Å². The number of benzene rings is 1. The molecule has 2 amide bonds. The molecule has 0 aromatic heterocycles. The molecule has 1 saturated heterocycles. The van der Waals surface area contributed by atoms with E-state index < -0.39 is 0 Å². The van der Waals surface area contributed by atoms with Crippen LogP contribution in [-0.4, -0.2) is 11.8 Å². The SMILES string of the molecule is O=C1[C@@H]2[C@@H]3C=C[C@H]([C@H]4C[C@H]34)[C@@H]2C(=O)N1c1ccccc1. The summed E-state index contributed by atoms with van der Waals surface area (Å²) in [4.78, 5) is 27.0. The summed E-state index contributed by atoms with van der Waals surface area (Å²) in [5, 5.41) is 0. The third kappa shape index (κ3) is 1.13. The average molecular weight is 265 g/mol. The normalized spacial score (nSPS) is 43.7. The Morgan fingerprint density at radius 1 is 0.850 bits per heavy atom. The predicted octanol–water partition coefficient (Wildman–Crippen LogP) is 2.24. The van der Waals surface area contributed by atoms with Gasteiger partial charge in [-0.15, -0.1) is 0 Å². The second-order valence-electron chi connectivity index (χ2n) is 6.50. The smallest absolute Gasteiger partial charge is 0.238 e. The Morgan fingerprint density at radius 2 is 1.40 bits per heavy atom. The molecular weight excluding hydrogens is 250 g/mol. The molecule has 5 aliphatic rings. The van der Waals surface area contributed by atoms with Crippen LogP contribution < -0.4 is 4.90 Å². The van der Waals surface area contributed by atoms with Crippen molar-refractivity contribution < 1.29 is 9.59 Å². The predicted molar refractivity (Wildman–Crippen MR) is 73.6 cm³/mol.